The van der Waals surface area contributed by atoms with Crippen LogP contribution in [0.5, 0.6) is 0 Å². The van der Waals surface area contributed by atoms with Gasteiger partial charge in [0.05, 0.1) is 4.88 Å². The molecule has 13 heavy (non-hydrogen) atoms. The first-order chi connectivity index (χ1) is 6.13. The fraction of sp³-hybridized carbons (Fsp3) is 0.400. The third-order valence-electron chi connectivity index (χ3n) is 1.76. The van der Waals surface area contributed by atoms with E-state index in [1.54, 1.807) is 6.92 Å². The Morgan fingerprint density at radius 1 is 1.62 bits per heavy atom. The van der Waals surface area contributed by atoms with E-state index in [1.807, 2.05) is 19.1 Å². The van der Waals surface area contributed by atoms with Gasteiger partial charge in [0.2, 0.25) is 0 Å². The number of hydrogen-bond acceptors (Lipinski definition) is 3. The lowest BCUT2D eigenvalue weighted by Gasteiger charge is -1.98. The highest BCUT2D eigenvalue weighted by atomic mass is 32.1. The maximum Gasteiger partial charge on any atom is 0.169 e. The summed E-state index contributed by atoms with van der Waals surface area (Å²) in [6, 6.07) is 3.74. The van der Waals surface area contributed by atoms with Crippen molar-refractivity contribution in [1.29, 1.82) is 0 Å². The topological polar surface area (TPSA) is 34.1 Å². The largest absolute Gasteiger partial charge is 0.303 e. The molecule has 1 aromatic rings. The van der Waals surface area contributed by atoms with E-state index in [0.717, 1.165) is 22.5 Å². The Morgan fingerprint density at radius 2 is 2.31 bits per heavy atom. The molecule has 3 heteroatoms. The van der Waals surface area contributed by atoms with Crippen LogP contribution < -0.4 is 0 Å². The standard InChI is InChI=1S/C10H12O2S/c1-7(6-11)5-9-3-4-10(13-9)8(2)12/h3-4,6-7H,5H2,1-2H3. The molecular formula is C10H12O2S. The van der Waals surface area contributed by atoms with Crippen LogP contribution >= 0.6 is 11.3 Å². The number of hydrogen-bond donors (Lipinski definition) is 0. The SMILES string of the molecule is CC(=O)c1ccc(CC(C)C=O)s1. The molecule has 0 bridgehead atoms. The number of Topliss-reactive ketones (excluding diaryl/α,β-unsaturated/α-hetero) is 1. The van der Waals surface area contributed by atoms with Crippen LogP contribution in [-0.2, 0) is 11.2 Å². The van der Waals surface area contributed by atoms with Crippen molar-refractivity contribution < 1.29 is 9.59 Å². The van der Waals surface area contributed by atoms with Crippen LogP contribution in [-0.4, -0.2) is 12.1 Å². The van der Waals surface area contributed by atoms with Gasteiger partial charge in [-0.3, -0.25) is 4.79 Å². The van der Waals surface area contributed by atoms with E-state index in [1.165, 1.54) is 11.3 Å². The number of rotatable bonds is 4. The molecule has 0 aliphatic heterocycles. The highest BCUT2D eigenvalue weighted by Crippen LogP contribution is 2.19. The lowest BCUT2D eigenvalue weighted by Crippen LogP contribution is -1.98. The molecule has 0 saturated heterocycles. The lowest BCUT2D eigenvalue weighted by molar-refractivity contribution is -0.110. The molecule has 0 spiro atoms. The molecule has 0 N–H and O–H groups in total. The first-order valence-electron chi connectivity index (χ1n) is 4.18. The van der Waals surface area contributed by atoms with Crippen molar-refractivity contribution in [2.24, 2.45) is 5.92 Å². The van der Waals surface area contributed by atoms with Crippen LogP contribution in [0.2, 0.25) is 0 Å². The third-order valence-corrected chi connectivity index (χ3v) is 2.97. The van der Waals surface area contributed by atoms with Crippen LogP contribution in [0.25, 0.3) is 0 Å². The van der Waals surface area contributed by atoms with E-state index < -0.39 is 0 Å². The zero-order valence-electron chi connectivity index (χ0n) is 7.74. The van der Waals surface area contributed by atoms with E-state index in [2.05, 4.69) is 0 Å². The monoisotopic (exact) mass is 196 g/mol. The van der Waals surface area contributed by atoms with Crippen molar-refractivity contribution in [2.45, 2.75) is 20.3 Å². The van der Waals surface area contributed by atoms with Crippen molar-refractivity contribution in [3.05, 3.63) is 21.9 Å². The molecule has 0 fully saturated rings. The lowest BCUT2D eigenvalue weighted by atomic mass is 10.1. The molecular weight excluding hydrogens is 184 g/mol. The average molecular weight is 196 g/mol. The summed E-state index contributed by atoms with van der Waals surface area (Å²) < 4.78 is 0. The smallest absolute Gasteiger partial charge is 0.169 e. The molecule has 0 aliphatic rings. The minimum atomic E-state index is 0.0402. The molecule has 70 valence electrons. The number of carbonyl (C=O) groups excluding carboxylic acids is 2. The van der Waals surface area contributed by atoms with Crippen LogP contribution in [0.4, 0.5) is 0 Å². The van der Waals surface area contributed by atoms with Crippen molar-refractivity contribution in [3.63, 3.8) is 0 Å². The Bertz CT molecular complexity index is 314. The minimum Gasteiger partial charge on any atom is -0.303 e. The molecule has 1 heterocycles. The fourth-order valence-corrected chi connectivity index (χ4v) is 2.09. The maximum absolute atomic E-state index is 11.0. The molecule has 1 unspecified atom stereocenters. The Labute approximate surface area is 81.6 Å². The van der Waals surface area contributed by atoms with Gasteiger partial charge in [-0.25, -0.2) is 0 Å². The van der Waals surface area contributed by atoms with E-state index >= 15 is 0 Å². The van der Waals surface area contributed by atoms with Gasteiger partial charge in [0.15, 0.2) is 5.78 Å². The summed E-state index contributed by atoms with van der Waals surface area (Å²) in [5.74, 6) is 0.133. The second-order valence-electron chi connectivity index (χ2n) is 3.14. The molecule has 2 nitrogen and oxygen atoms in total. The summed E-state index contributed by atoms with van der Waals surface area (Å²) in [6.07, 6.45) is 1.68. The maximum atomic E-state index is 11.0. The Kier molecular flexibility index (Phi) is 3.37. The minimum absolute atomic E-state index is 0.0402. The van der Waals surface area contributed by atoms with Gasteiger partial charge in [0, 0.05) is 10.8 Å². The van der Waals surface area contributed by atoms with Gasteiger partial charge in [-0.05, 0) is 25.5 Å². The summed E-state index contributed by atoms with van der Waals surface area (Å²) in [7, 11) is 0. The molecule has 0 amide bonds. The highest BCUT2D eigenvalue weighted by molar-refractivity contribution is 7.14. The van der Waals surface area contributed by atoms with Crippen LogP contribution in [0.1, 0.15) is 28.4 Å². The van der Waals surface area contributed by atoms with Gasteiger partial charge < -0.3 is 4.79 Å². The predicted octanol–water partition coefficient (Wildman–Crippen LogP) is 2.33. The van der Waals surface area contributed by atoms with Gasteiger partial charge in [-0.15, -0.1) is 11.3 Å². The van der Waals surface area contributed by atoms with E-state index in [9.17, 15) is 9.59 Å². The number of thiophene rings is 1. The normalized spacial score (nSPS) is 12.5. The van der Waals surface area contributed by atoms with E-state index in [0.29, 0.717) is 0 Å². The second-order valence-corrected chi connectivity index (χ2v) is 4.31. The van der Waals surface area contributed by atoms with Crippen molar-refractivity contribution >= 4 is 23.4 Å². The van der Waals surface area contributed by atoms with Gasteiger partial charge in [0.1, 0.15) is 6.29 Å². The number of carbonyl (C=O) groups is 2. The number of aldehydes is 1. The van der Waals surface area contributed by atoms with Gasteiger partial charge in [-0.1, -0.05) is 6.92 Å². The molecule has 1 aromatic heterocycles. The molecule has 1 atom stereocenters. The van der Waals surface area contributed by atoms with Crippen molar-refractivity contribution in [2.75, 3.05) is 0 Å². The highest BCUT2D eigenvalue weighted by Gasteiger charge is 2.07. The van der Waals surface area contributed by atoms with E-state index in [4.69, 9.17) is 0 Å². The number of ketones is 1. The average Bonchev–Trinajstić information content (AvgIpc) is 2.52. The molecule has 0 aromatic carbocycles. The Balaban J connectivity index is 2.69. The first-order valence-corrected chi connectivity index (χ1v) is 5.00. The summed E-state index contributed by atoms with van der Waals surface area (Å²) in [4.78, 5) is 23.2. The Morgan fingerprint density at radius 3 is 2.77 bits per heavy atom. The van der Waals surface area contributed by atoms with Crippen molar-refractivity contribution in [1.82, 2.24) is 0 Å². The van der Waals surface area contributed by atoms with Crippen LogP contribution in [0, 0.1) is 5.92 Å². The van der Waals surface area contributed by atoms with Crippen LogP contribution in [0.15, 0.2) is 12.1 Å². The van der Waals surface area contributed by atoms with Gasteiger partial charge >= 0.3 is 0 Å². The zero-order valence-corrected chi connectivity index (χ0v) is 8.56. The Hall–Kier alpha value is -0.960. The van der Waals surface area contributed by atoms with Crippen LogP contribution in [0.3, 0.4) is 0 Å². The fourth-order valence-electron chi connectivity index (χ4n) is 1.04. The predicted molar refractivity (Wildman–Crippen MR) is 53.3 cm³/mol. The molecule has 0 saturated carbocycles. The van der Waals surface area contributed by atoms with Gasteiger partial charge in [0.25, 0.3) is 0 Å². The summed E-state index contributed by atoms with van der Waals surface area (Å²) >= 11 is 1.48. The summed E-state index contributed by atoms with van der Waals surface area (Å²) in [5, 5.41) is 0. The quantitative estimate of drug-likeness (QED) is 0.547. The van der Waals surface area contributed by atoms with Crippen molar-refractivity contribution in [3.8, 4) is 0 Å². The van der Waals surface area contributed by atoms with E-state index in [-0.39, 0.29) is 11.7 Å². The second kappa shape index (κ2) is 4.33. The third kappa shape index (κ3) is 2.77. The summed E-state index contributed by atoms with van der Waals surface area (Å²) in [6.45, 7) is 3.43. The molecule has 0 radical (unpaired) electrons. The first kappa shape index (κ1) is 10.1. The van der Waals surface area contributed by atoms with Gasteiger partial charge in [-0.2, -0.15) is 0 Å². The zero-order chi connectivity index (χ0) is 9.84. The molecule has 1 rings (SSSR count). The molecule has 0 aliphatic carbocycles. The summed E-state index contributed by atoms with van der Waals surface area (Å²) in [5.41, 5.74) is 0.